The summed E-state index contributed by atoms with van der Waals surface area (Å²) in [7, 11) is 0. The zero-order chi connectivity index (χ0) is 10.7. The fourth-order valence-corrected chi connectivity index (χ4v) is 1.50. The summed E-state index contributed by atoms with van der Waals surface area (Å²) in [4.78, 5) is 19.3. The maximum absolute atomic E-state index is 11.6. The summed E-state index contributed by atoms with van der Waals surface area (Å²) in [6.45, 7) is 2.21. The summed E-state index contributed by atoms with van der Waals surface area (Å²) in [5.41, 5.74) is 0. The molecule has 0 aromatic carbocycles. The van der Waals surface area contributed by atoms with E-state index in [0.29, 0.717) is 30.9 Å². The quantitative estimate of drug-likeness (QED) is 0.750. The first-order valence-corrected chi connectivity index (χ1v) is 5.31. The zero-order valence-electron chi connectivity index (χ0n) is 7.93. The normalized spacial score (nSPS) is 16.5. The van der Waals surface area contributed by atoms with Gasteiger partial charge >= 0.3 is 6.09 Å². The van der Waals surface area contributed by atoms with E-state index in [9.17, 15) is 4.79 Å². The van der Waals surface area contributed by atoms with Crippen LogP contribution in [0.3, 0.4) is 0 Å². The van der Waals surface area contributed by atoms with Crippen molar-refractivity contribution >= 4 is 22.0 Å². The number of hydrogen-bond acceptors (Lipinski definition) is 4. The average Bonchev–Trinajstić information content (AvgIpc) is 2.66. The monoisotopic (exact) mass is 275 g/mol. The Morgan fingerprint density at radius 3 is 2.87 bits per heavy atom. The minimum atomic E-state index is -0.414. The van der Waals surface area contributed by atoms with Crippen molar-refractivity contribution in [2.45, 2.75) is 0 Å². The number of ether oxygens (including phenoxy) is 1. The molecule has 0 radical (unpaired) electrons. The lowest BCUT2D eigenvalue weighted by molar-refractivity contribution is 0.0188. The largest absolute Gasteiger partial charge is 0.436 e. The third kappa shape index (κ3) is 2.48. The number of carbonyl (C=O) groups excluding carboxylic acids is 1. The molecule has 1 aromatic heterocycles. The number of morpholine rings is 1. The van der Waals surface area contributed by atoms with Crippen molar-refractivity contribution in [3.05, 3.63) is 16.9 Å². The Balaban J connectivity index is 1.94. The van der Waals surface area contributed by atoms with Crippen molar-refractivity contribution in [1.82, 2.24) is 14.8 Å². The van der Waals surface area contributed by atoms with Crippen molar-refractivity contribution < 1.29 is 14.4 Å². The average molecular weight is 276 g/mol. The summed E-state index contributed by atoms with van der Waals surface area (Å²) >= 11 is 3.20. The molecule has 7 heteroatoms. The number of amides is 1. The van der Waals surface area contributed by atoms with E-state index in [1.807, 2.05) is 0 Å². The van der Waals surface area contributed by atoms with E-state index in [2.05, 4.69) is 21.0 Å². The molecule has 1 saturated heterocycles. The first-order valence-electron chi connectivity index (χ1n) is 4.52. The Kier molecular flexibility index (Phi) is 3.22. The number of nitrogens with zero attached hydrogens (tertiary/aromatic N) is 3. The van der Waals surface area contributed by atoms with E-state index in [-0.39, 0.29) is 0 Å². The van der Waals surface area contributed by atoms with Crippen LogP contribution < -0.4 is 4.84 Å². The van der Waals surface area contributed by atoms with Gasteiger partial charge in [0.1, 0.15) is 4.60 Å². The molecule has 0 spiro atoms. The lowest BCUT2D eigenvalue weighted by Crippen LogP contribution is -2.44. The lowest BCUT2D eigenvalue weighted by Gasteiger charge is -2.25. The van der Waals surface area contributed by atoms with Gasteiger partial charge in [-0.15, -0.1) is 5.10 Å². The molecular weight excluding hydrogens is 266 g/mol. The summed E-state index contributed by atoms with van der Waals surface area (Å²) in [5.74, 6) is 0. The minimum absolute atomic E-state index is 0.414. The third-order valence-electron chi connectivity index (χ3n) is 2.00. The molecule has 1 aliphatic heterocycles. The molecule has 15 heavy (non-hydrogen) atoms. The van der Waals surface area contributed by atoms with Crippen LogP contribution in [0.15, 0.2) is 16.9 Å². The van der Waals surface area contributed by atoms with Gasteiger partial charge in [0.25, 0.3) is 0 Å². The standard InChI is InChI=1S/C8H10BrN3O3/c9-7-1-2-10-12(7)15-8(13)11-3-5-14-6-4-11/h1-2H,3-6H2. The second kappa shape index (κ2) is 4.63. The molecule has 0 unspecified atom stereocenters. The fourth-order valence-electron chi connectivity index (χ4n) is 1.22. The van der Waals surface area contributed by atoms with Crippen LogP contribution in [0, 0.1) is 0 Å². The topological polar surface area (TPSA) is 56.6 Å². The predicted molar refractivity (Wildman–Crippen MR) is 54.3 cm³/mol. The smallest absolute Gasteiger partial charge is 0.378 e. The summed E-state index contributed by atoms with van der Waals surface area (Å²) in [6, 6.07) is 1.69. The van der Waals surface area contributed by atoms with Gasteiger partial charge in [-0.05, 0) is 22.0 Å². The predicted octanol–water partition coefficient (Wildman–Crippen LogP) is 0.526. The first kappa shape index (κ1) is 10.4. The minimum Gasteiger partial charge on any atom is -0.378 e. The van der Waals surface area contributed by atoms with Crippen molar-refractivity contribution in [3.63, 3.8) is 0 Å². The van der Waals surface area contributed by atoms with Gasteiger partial charge in [0.2, 0.25) is 0 Å². The van der Waals surface area contributed by atoms with Crippen molar-refractivity contribution in [3.8, 4) is 0 Å². The highest BCUT2D eigenvalue weighted by atomic mass is 79.9. The van der Waals surface area contributed by atoms with Gasteiger partial charge in [0.05, 0.1) is 19.4 Å². The summed E-state index contributed by atoms with van der Waals surface area (Å²) < 4.78 is 5.73. The van der Waals surface area contributed by atoms with Crippen LogP contribution in [0.25, 0.3) is 0 Å². The Labute approximate surface area is 94.8 Å². The van der Waals surface area contributed by atoms with Crippen LogP contribution in [-0.4, -0.2) is 47.2 Å². The Bertz CT molecular complexity index is 349. The van der Waals surface area contributed by atoms with E-state index >= 15 is 0 Å². The van der Waals surface area contributed by atoms with E-state index in [1.165, 1.54) is 6.20 Å². The molecule has 2 heterocycles. The molecule has 1 aliphatic rings. The second-order valence-corrected chi connectivity index (χ2v) is 3.80. The molecule has 82 valence electrons. The number of hydrogen-bond donors (Lipinski definition) is 0. The summed E-state index contributed by atoms with van der Waals surface area (Å²) in [5, 5.41) is 3.82. The maximum Gasteiger partial charge on any atom is 0.436 e. The van der Waals surface area contributed by atoms with Gasteiger partial charge in [-0.25, -0.2) is 4.79 Å². The molecule has 0 aliphatic carbocycles. The lowest BCUT2D eigenvalue weighted by atomic mass is 10.5. The van der Waals surface area contributed by atoms with Gasteiger partial charge in [-0.2, -0.15) is 0 Å². The fraction of sp³-hybridized carbons (Fsp3) is 0.500. The molecular formula is C8H10BrN3O3. The van der Waals surface area contributed by atoms with Crippen molar-refractivity contribution in [2.75, 3.05) is 26.3 Å². The van der Waals surface area contributed by atoms with Gasteiger partial charge in [0.15, 0.2) is 0 Å². The maximum atomic E-state index is 11.6. The van der Waals surface area contributed by atoms with E-state index in [0.717, 1.165) is 4.85 Å². The first-order chi connectivity index (χ1) is 7.27. The second-order valence-electron chi connectivity index (χ2n) is 2.98. The number of halogens is 1. The Morgan fingerprint density at radius 1 is 1.53 bits per heavy atom. The molecule has 0 N–H and O–H groups in total. The SMILES string of the molecule is O=C(On1nccc1Br)N1CCOCC1. The summed E-state index contributed by atoms with van der Waals surface area (Å²) in [6.07, 6.45) is 1.12. The van der Waals surface area contributed by atoms with Crippen LogP contribution in [0.4, 0.5) is 4.79 Å². The highest BCUT2D eigenvalue weighted by Crippen LogP contribution is 2.06. The third-order valence-corrected chi connectivity index (χ3v) is 2.57. The van der Waals surface area contributed by atoms with E-state index in [1.54, 1.807) is 11.0 Å². The van der Waals surface area contributed by atoms with Crippen LogP contribution in [0.5, 0.6) is 0 Å². The van der Waals surface area contributed by atoms with Crippen molar-refractivity contribution in [1.29, 1.82) is 0 Å². The molecule has 6 nitrogen and oxygen atoms in total. The van der Waals surface area contributed by atoms with Gasteiger partial charge in [0, 0.05) is 13.1 Å². The number of carbonyl (C=O) groups is 1. The van der Waals surface area contributed by atoms with E-state index in [4.69, 9.17) is 9.57 Å². The highest BCUT2D eigenvalue weighted by Gasteiger charge is 2.19. The van der Waals surface area contributed by atoms with Crippen LogP contribution in [0.2, 0.25) is 0 Å². The molecule has 0 atom stereocenters. The van der Waals surface area contributed by atoms with Gasteiger partial charge in [-0.1, -0.05) is 4.85 Å². The van der Waals surface area contributed by atoms with Gasteiger partial charge in [-0.3, -0.25) is 4.84 Å². The molecule has 1 fully saturated rings. The highest BCUT2D eigenvalue weighted by molar-refractivity contribution is 9.10. The molecule has 2 rings (SSSR count). The van der Waals surface area contributed by atoms with Gasteiger partial charge < -0.3 is 9.64 Å². The van der Waals surface area contributed by atoms with Crippen LogP contribution >= 0.6 is 15.9 Å². The Morgan fingerprint density at radius 2 is 2.27 bits per heavy atom. The molecule has 1 amide bonds. The molecule has 0 saturated carbocycles. The van der Waals surface area contributed by atoms with Crippen LogP contribution in [-0.2, 0) is 4.74 Å². The Hall–Kier alpha value is -1.08. The molecule has 1 aromatic rings. The van der Waals surface area contributed by atoms with E-state index < -0.39 is 6.09 Å². The zero-order valence-corrected chi connectivity index (χ0v) is 9.51. The number of aromatic nitrogens is 2. The van der Waals surface area contributed by atoms with Crippen LogP contribution in [0.1, 0.15) is 0 Å². The molecule has 0 bridgehead atoms. The number of rotatable bonds is 1. The van der Waals surface area contributed by atoms with Crippen molar-refractivity contribution in [2.24, 2.45) is 0 Å².